The topological polar surface area (TPSA) is 69.9 Å². The van der Waals surface area contributed by atoms with Crippen LogP contribution in [-0.4, -0.2) is 9.78 Å². The van der Waals surface area contributed by atoms with Crippen LogP contribution in [0.15, 0.2) is 12.3 Å². The molecule has 0 aliphatic carbocycles. The van der Waals surface area contributed by atoms with Gasteiger partial charge in [0, 0.05) is 5.22 Å². The largest absolute Gasteiger partial charge is 0.405 e. The molecule has 94 valence electrons. The molecular weight excluding hydrogens is 212 g/mol. The molecule has 0 saturated heterocycles. The molecule has 0 aliphatic rings. The minimum absolute atomic E-state index is 0.313. The van der Waals surface area contributed by atoms with Crippen LogP contribution in [0.1, 0.15) is 33.7 Å². The van der Waals surface area contributed by atoms with Gasteiger partial charge in [-0.3, -0.25) is 4.68 Å². The number of hydrogen-bond acceptors (Lipinski definition) is 3. The van der Waals surface area contributed by atoms with Crippen molar-refractivity contribution >= 4 is 18.0 Å². The fourth-order valence-corrected chi connectivity index (χ4v) is 1.68. The Balaban J connectivity index is 3.48. The van der Waals surface area contributed by atoms with Crippen molar-refractivity contribution in [3.05, 3.63) is 22.8 Å². The Bertz CT molecular complexity index is 508. The minimum Gasteiger partial charge on any atom is -0.405 e. The predicted molar refractivity (Wildman–Crippen MR) is 73.4 cm³/mol. The van der Waals surface area contributed by atoms with E-state index in [1.165, 1.54) is 6.20 Å². The fraction of sp³-hybridized carbons (Fsp3) is 0.462. The molecular formula is C13H22N4. The summed E-state index contributed by atoms with van der Waals surface area (Å²) in [5, 5.41) is 6.39. The molecule has 0 saturated carbocycles. The van der Waals surface area contributed by atoms with Crippen LogP contribution in [0, 0.1) is 5.92 Å². The lowest BCUT2D eigenvalue weighted by Crippen LogP contribution is -2.33. The normalized spacial score (nSPS) is 16.3. The van der Waals surface area contributed by atoms with E-state index in [2.05, 4.69) is 25.9 Å². The van der Waals surface area contributed by atoms with Gasteiger partial charge < -0.3 is 11.5 Å². The van der Waals surface area contributed by atoms with Crippen LogP contribution in [0.2, 0.25) is 0 Å². The van der Waals surface area contributed by atoms with Crippen LogP contribution < -0.4 is 22.0 Å². The van der Waals surface area contributed by atoms with E-state index >= 15 is 0 Å². The Labute approximate surface area is 102 Å². The van der Waals surface area contributed by atoms with Gasteiger partial charge >= 0.3 is 0 Å². The highest BCUT2D eigenvalue weighted by Gasteiger charge is 2.13. The van der Waals surface area contributed by atoms with E-state index in [1.54, 1.807) is 6.08 Å². The molecule has 1 heterocycles. The number of nitrogens with zero attached hydrogens (tertiary/aromatic N) is 2. The van der Waals surface area contributed by atoms with Gasteiger partial charge in [-0.15, -0.1) is 0 Å². The van der Waals surface area contributed by atoms with E-state index < -0.39 is 0 Å². The lowest BCUT2D eigenvalue weighted by Gasteiger charge is -2.16. The number of nitrogens with two attached hydrogens (primary N) is 2. The van der Waals surface area contributed by atoms with Crippen LogP contribution in [0.3, 0.4) is 0 Å². The van der Waals surface area contributed by atoms with Crippen molar-refractivity contribution < 1.29 is 0 Å². The molecule has 0 radical (unpaired) electrons. The zero-order chi connectivity index (χ0) is 13.0. The fourth-order valence-electron chi connectivity index (χ4n) is 1.68. The zero-order valence-corrected chi connectivity index (χ0v) is 11.0. The van der Waals surface area contributed by atoms with Gasteiger partial charge in [-0.25, -0.2) is 0 Å². The molecule has 17 heavy (non-hydrogen) atoms. The first-order valence-corrected chi connectivity index (χ1v) is 5.91. The summed E-state index contributed by atoms with van der Waals surface area (Å²) in [7, 11) is 0. The summed E-state index contributed by atoms with van der Waals surface area (Å²) >= 11 is 0. The zero-order valence-electron chi connectivity index (χ0n) is 11.0. The first-order chi connectivity index (χ1) is 8.02. The Morgan fingerprint density at radius 2 is 1.94 bits per heavy atom. The standard InChI is InChI=1S/C13H22N4/c1-5-12-11(7-6-8-14)13(15)16-17(12)10(4)9(2)3/h5-10H,14H2,1-4H3,(H2,15,16)/b8-6-,11-7+,12-5+. The number of hydrogen-bond donors (Lipinski definition) is 2. The summed E-state index contributed by atoms with van der Waals surface area (Å²) in [4.78, 5) is 0. The third kappa shape index (κ3) is 2.70. The highest BCUT2D eigenvalue weighted by molar-refractivity contribution is 5.46. The lowest BCUT2D eigenvalue weighted by atomic mass is 10.1. The number of aromatic nitrogens is 2. The Hall–Kier alpha value is -1.71. The number of rotatable bonds is 3. The summed E-state index contributed by atoms with van der Waals surface area (Å²) in [6, 6.07) is 0.313. The molecule has 4 nitrogen and oxygen atoms in total. The van der Waals surface area contributed by atoms with E-state index in [9.17, 15) is 0 Å². The van der Waals surface area contributed by atoms with Crippen molar-refractivity contribution in [3.63, 3.8) is 0 Å². The summed E-state index contributed by atoms with van der Waals surface area (Å²) in [5.74, 6) is 1.05. The van der Waals surface area contributed by atoms with Gasteiger partial charge in [0.15, 0.2) is 5.82 Å². The first-order valence-electron chi connectivity index (χ1n) is 5.91. The molecule has 0 spiro atoms. The second-order valence-corrected chi connectivity index (χ2v) is 4.45. The van der Waals surface area contributed by atoms with E-state index in [-0.39, 0.29) is 0 Å². The highest BCUT2D eigenvalue weighted by atomic mass is 15.3. The predicted octanol–water partition coefficient (Wildman–Crippen LogP) is 0.736. The van der Waals surface area contributed by atoms with Gasteiger partial charge in [0.2, 0.25) is 0 Å². The molecule has 0 aliphatic heterocycles. The van der Waals surface area contributed by atoms with Gasteiger partial charge in [0.1, 0.15) is 0 Å². The third-order valence-electron chi connectivity index (χ3n) is 3.01. The first kappa shape index (κ1) is 13.4. The number of nitrogen functional groups attached to an aromatic ring is 1. The lowest BCUT2D eigenvalue weighted by molar-refractivity contribution is 0.368. The van der Waals surface area contributed by atoms with Gasteiger partial charge in [0.05, 0.1) is 11.4 Å². The molecule has 4 heteroatoms. The Kier molecular flexibility index (Phi) is 4.37. The van der Waals surface area contributed by atoms with Crippen molar-refractivity contribution in [2.24, 2.45) is 11.7 Å². The van der Waals surface area contributed by atoms with E-state index in [0.717, 1.165) is 10.6 Å². The monoisotopic (exact) mass is 234 g/mol. The Morgan fingerprint density at radius 3 is 2.41 bits per heavy atom. The summed E-state index contributed by atoms with van der Waals surface area (Å²) in [6.45, 7) is 8.48. The molecule has 0 bridgehead atoms. The molecule has 1 aromatic rings. The van der Waals surface area contributed by atoms with E-state index in [4.69, 9.17) is 11.5 Å². The van der Waals surface area contributed by atoms with Crippen LogP contribution in [0.5, 0.6) is 0 Å². The molecule has 1 unspecified atom stereocenters. The maximum Gasteiger partial charge on any atom is 0.153 e. The average molecular weight is 234 g/mol. The maximum absolute atomic E-state index is 5.94. The summed E-state index contributed by atoms with van der Waals surface area (Å²) in [6.07, 6.45) is 7.17. The minimum atomic E-state index is 0.313. The van der Waals surface area contributed by atoms with Crippen LogP contribution in [0.4, 0.5) is 5.82 Å². The molecule has 1 aromatic heterocycles. The Morgan fingerprint density at radius 1 is 1.29 bits per heavy atom. The summed E-state index contributed by atoms with van der Waals surface area (Å²) < 4.78 is 1.98. The SMILES string of the molecule is C\C=c1/c(=C\C=C/N)c(N)nn1C(C)C(C)C. The smallest absolute Gasteiger partial charge is 0.153 e. The molecule has 0 aromatic carbocycles. The van der Waals surface area contributed by atoms with E-state index in [1.807, 2.05) is 23.8 Å². The molecule has 1 rings (SSSR count). The van der Waals surface area contributed by atoms with Gasteiger partial charge in [0.25, 0.3) is 0 Å². The van der Waals surface area contributed by atoms with Crippen LogP contribution >= 0.6 is 0 Å². The molecule has 0 amide bonds. The van der Waals surface area contributed by atoms with Crippen LogP contribution in [-0.2, 0) is 0 Å². The highest BCUT2D eigenvalue weighted by Crippen LogP contribution is 2.12. The molecule has 4 N–H and O–H groups in total. The van der Waals surface area contributed by atoms with Gasteiger partial charge in [-0.1, -0.05) is 19.9 Å². The molecule has 0 fully saturated rings. The summed E-state index contributed by atoms with van der Waals surface area (Å²) in [5.41, 5.74) is 11.3. The van der Waals surface area contributed by atoms with Crippen molar-refractivity contribution in [2.45, 2.75) is 33.7 Å². The number of allylic oxidation sites excluding steroid dienone is 1. The number of anilines is 1. The quantitative estimate of drug-likeness (QED) is 0.810. The van der Waals surface area contributed by atoms with Crippen molar-refractivity contribution in [1.29, 1.82) is 0 Å². The van der Waals surface area contributed by atoms with Crippen molar-refractivity contribution in [2.75, 3.05) is 5.73 Å². The van der Waals surface area contributed by atoms with Crippen molar-refractivity contribution in [1.82, 2.24) is 9.78 Å². The third-order valence-corrected chi connectivity index (χ3v) is 3.01. The van der Waals surface area contributed by atoms with Gasteiger partial charge in [-0.2, -0.15) is 5.10 Å². The molecule has 1 atom stereocenters. The maximum atomic E-state index is 5.94. The second-order valence-electron chi connectivity index (χ2n) is 4.45. The average Bonchev–Trinajstić information content (AvgIpc) is 2.61. The van der Waals surface area contributed by atoms with Crippen molar-refractivity contribution in [3.8, 4) is 0 Å². The van der Waals surface area contributed by atoms with Crippen LogP contribution in [0.25, 0.3) is 12.2 Å². The van der Waals surface area contributed by atoms with Gasteiger partial charge in [-0.05, 0) is 38.1 Å². The van der Waals surface area contributed by atoms with E-state index in [0.29, 0.717) is 17.8 Å². The second kappa shape index (κ2) is 5.57.